The third-order valence-electron chi connectivity index (χ3n) is 4.14. The maximum Gasteiger partial charge on any atom is 0.255 e. The Morgan fingerprint density at radius 1 is 1.04 bits per heavy atom. The minimum atomic E-state index is -0.0645. The summed E-state index contributed by atoms with van der Waals surface area (Å²) < 4.78 is 5.37. The van der Waals surface area contributed by atoms with Crippen LogP contribution >= 0.6 is 0 Å². The minimum Gasteiger partial charge on any atom is -0.378 e. The summed E-state index contributed by atoms with van der Waals surface area (Å²) in [5, 5.41) is 2.97. The normalized spacial score (nSPS) is 14.6. The van der Waals surface area contributed by atoms with Crippen LogP contribution in [0.3, 0.4) is 0 Å². The second kappa shape index (κ2) is 6.84. The fourth-order valence-electron chi connectivity index (χ4n) is 2.76. The van der Waals surface area contributed by atoms with Gasteiger partial charge in [-0.25, -0.2) is 0 Å². The number of benzene rings is 2. The Labute approximate surface area is 137 Å². The van der Waals surface area contributed by atoms with Crippen LogP contribution in [0.25, 0.3) is 0 Å². The maximum absolute atomic E-state index is 12.4. The number of rotatable bonds is 3. The van der Waals surface area contributed by atoms with E-state index in [0.717, 1.165) is 54.4 Å². The number of hydrogen-bond donors (Lipinski definition) is 1. The molecule has 2 aromatic carbocycles. The van der Waals surface area contributed by atoms with E-state index in [-0.39, 0.29) is 5.91 Å². The zero-order valence-corrected chi connectivity index (χ0v) is 13.6. The molecule has 4 heteroatoms. The van der Waals surface area contributed by atoms with Crippen molar-refractivity contribution in [3.63, 3.8) is 0 Å². The van der Waals surface area contributed by atoms with Gasteiger partial charge in [-0.05, 0) is 49.7 Å². The summed E-state index contributed by atoms with van der Waals surface area (Å²) in [6.45, 7) is 7.31. The lowest BCUT2D eigenvalue weighted by Gasteiger charge is -2.28. The van der Waals surface area contributed by atoms with E-state index in [9.17, 15) is 4.79 Å². The number of nitrogens with one attached hydrogen (secondary N) is 1. The molecule has 3 rings (SSSR count). The van der Waals surface area contributed by atoms with Crippen LogP contribution in [0.1, 0.15) is 21.5 Å². The Balaban J connectivity index is 1.70. The summed E-state index contributed by atoms with van der Waals surface area (Å²) >= 11 is 0. The monoisotopic (exact) mass is 310 g/mol. The first kappa shape index (κ1) is 15.6. The number of amides is 1. The molecule has 1 aliphatic rings. The second-order valence-electron chi connectivity index (χ2n) is 5.92. The largest absolute Gasteiger partial charge is 0.378 e. The van der Waals surface area contributed by atoms with E-state index in [4.69, 9.17) is 4.74 Å². The zero-order chi connectivity index (χ0) is 16.2. The molecule has 1 N–H and O–H groups in total. The van der Waals surface area contributed by atoms with Gasteiger partial charge >= 0.3 is 0 Å². The summed E-state index contributed by atoms with van der Waals surface area (Å²) in [4.78, 5) is 14.7. The zero-order valence-electron chi connectivity index (χ0n) is 13.6. The van der Waals surface area contributed by atoms with Crippen LogP contribution in [0.4, 0.5) is 11.4 Å². The number of carbonyl (C=O) groups excluding carboxylic acids is 1. The maximum atomic E-state index is 12.4. The van der Waals surface area contributed by atoms with Crippen LogP contribution in [0.5, 0.6) is 0 Å². The van der Waals surface area contributed by atoms with Crippen LogP contribution in [0.15, 0.2) is 42.5 Å². The number of aryl methyl sites for hydroxylation is 2. The molecule has 0 saturated carbocycles. The highest BCUT2D eigenvalue weighted by Gasteiger charge is 2.12. The third kappa shape index (κ3) is 3.71. The van der Waals surface area contributed by atoms with Crippen LogP contribution in [-0.4, -0.2) is 32.2 Å². The van der Waals surface area contributed by atoms with Gasteiger partial charge in [0, 0.05) is 30.0 Å². The molecule has 1 amide bonds. The van der Waals surface area contributed by atoms with Gasteiger partial charge < -0.3 is 15.0 Å². The molecule has 0 bridgehead atoms. The van der Waals surface area contributed by atoms with Crippen LogP contribution < -0.4 is 10.2 Å². The first-order valence-corrected chi connectivity index (χ1v) is 7.95. The number of hydrogen-bond acceptors (Lipinski definition) is 3. The Kier molecular flexibility index (Phi) is 4.63. The van der Waals surface area contributed by atoms with Crippen molar-refractivity contribution in [2.24, 2.45) is 0 Å². The van der Waals surface area contributed by atoms with E-state index in [1.54, 1.807) is 0 Å². The van der Waals surface area contributed by atoms with E-state index < -0.39 is 0 Å². The molecule has 120 valence electrons. The van der Waals surface area contributed by atoms with Crippen LogP contribution in [-0.2, 0) is 4.74 Å². The van der Waals surface area contributed by atoms with Crippen molar-refractivity contribution in [1.82, 2.24) is 0 Å². The average Bonchev–Trinajstić information content (AvgIpc) is 2.58. The van der Waals surface area contributed by atoms with Crippen LogP contribution in [0, 0.1) is 13.8 Å². The topological polar surface area (TPSA) is 41.6 Å². The SMILES string of the molecule is Cc1ccc(C)c(C(=O)Nc2ccc(N3CCOCC3)cc2)c1. The molecule has 0 radical (unpaired) electrons. The Hall–Kier alpha value is -2.33. The highest BCUT2D eigenvalue weighted by atomic mass is 16.5. The number of ether oxygens (including phenoxy) is 1. The minimum absolute atomic E-state index is 0.0645. The fourth-order valence-corrected chi connectivity index (χ4v) is 2.76. The van der Waals surface area contributed by atoms with Crippen molar-refractivity contribution in [3.05, 3.63) is 59.2 Å². The standard InChI is InChI=1S/C19H22N2O2/c1-14-3-4-15(2)18(13-14)19(22)20-16-5-7-17(8-6-16)21-9-11-23-12-10-21/h3-8,13H,9-12H2,1-2H3,(H,20,22). The van der Waals surface area contributed by atoms with E-state index >= 15 is 0 Å². The first-order chi connectivity index (χ1) is 11.1. The van der Waals surface area contributed by atoms with Gasteiger partial charge in [-0.1, -0.05) is 17.7 Å². The van der Waals surface area contributed by atoms with Crippen molar-refractivity contribution in [2.75, 3.05) is 36.5 Å². The molecular formula is C19H22N2O2. The summed E-state index contributed by atoms with van der Waals surface area (Å²) in [6.07, 6.45) is 0. The molecular weight excluding hydrogens is 288 g/mol. The van der Waals surface area contributed by atoms with E-state index in [1.807, 2.05) is 56.3 Å². The first-order valence-electron chi connectivity index (χ1n) is 7.95. The van der Waals surface area contributed by atoms with Gasteiger partial charge in [0.05, 0.1) is 13.2 Å². The lowest BCUT2D eigenvalue weighted by atomic mass is 10.0. The molecule has 0 spiro atoms. The number of carbonyl (C=O) groups is 1. The molecule has 23 heavy (non-hydrogen) atoms. The van der Waals surface area contributed by atoms with Gasteiger partial charge in [0.15, 0.2) is 0 Å². The Bertz CT molecular complexity index is 689. The van der Waals surface area contributed by atoms with Crippen molar-refractivity contribution in [2.45, 2.75) is 13.8 Å². The number of nitrogens with zero attached hydrogens (tertiary/aromatic N) is 1. The van der Waals surface area contributed by atoms with Crippen LogP contribution in [0.2, 0.25) is 0 Å². The summed E-state index contributed by atoms with van der Waals surface area (Å²) in [5.74, 6) is -0.0645. The molecule has 1 heterocycles. The second-order valence-corrected chi connectivity index (χ2v) is 5.92. The van der Waals surface area contributed by atoms with Gasteiger partial charge in [0.2, 0.25) is 0 Å². The molecule has 1 aliphatic heterocycles. The molecule has 1 fully saturated rings. The molecule has 0 atom stereocenters. The Morgan fingerprint density at radius 2 is 1.74 bits per heavy atom. The predicted molar refractivity (Wildman–Crippen MR) is 93.3 cm³/mol. The molecule has 1 saturated heterocycles. The van der Waals surface area contributed by atoms with Crippen molar-refractivity contribution >= 4 is 17.3 Å². The lowest BCUT2D eigenvalue weighted by molar-refractivity contribution is 0.102. The predicted octanol–water partition coefficient (Wildman–Crippen LogP) is 3.39. The van der Waals surface area contributed by atoms with E-state index in [0.29, 0.717) is 0 Å². The van der Waals surface area contributed by atoms with Crippen molar-refractivity contribution < 1.29 is 9.53 Å². The number of anilines is 2. The summed E-state index contributed by atoms with van der Waals surface area (Å²) in [5.41, 5.74) is 4.77. The van der Waals surface area contributed by atoms with E-state index in [2.05, 4.69) is 10.2 Å². The van der Waals surface area contributed by atoms with Crippen molar-refractivity contribution in [1.29, 1.82) is 0 Å². The molecule has 0 aliphatic carbocycles. The average molecular weight is 310 g/mol. The molecule has 2 aromatic rings. The van der Waals surface area contributed by atoms with Gasteiger partial charge in [-0.15, -0.1) is 0 Å². The van der Waals surface area contributed by atoms with Crippen molar-refractivity contribution in [3.8, 4) is 0 Å². The lowest BCUT2D eigenvalue weighted by Crippen LogP contribution is -2.36. The van der Waals surface area contributed by atoms with E-state index in [1.165, 1.54) is 0 Å². The quantitative estimate of drug-likeness (QED) is 0.945. The molecule has 0 aromatic heterocycles. The fraction of sp³-hybridized carbons (Fsp3) is 0.316. The van der Waals surface area contributed by atoms with Gasteiger partial charge in [-0.3, -0.25) is 4.79 Å². The molecule has 0 unspecified atom stereocenters. The highest BCUT2D eigenvalue weighted by molar-refractivity contribution is 6.05. The Morgan fingerprint density at radius 3 is 2.43 bits per heavy atom. The summed E-state index contributed by atoms with van der Waals surface area (Å²) in [6, 6.07) is 13.9. The van der Waals surface area contributed by atoms with Gasteiger partial charge in [-0.2, -0.15) is 0 Å². The van der Waals surface area contributed by atoms with Gasteiger partial charge in [0.25, 0.3) is 5.91 Å². The third-order valence-corrected chi connectivity index (χ3v) is 4.14. The van der Waals surface area contributed by atoms with Gasteiger partial charge in [0.1, 0.15) is 0 Å². The highest BCUT2D eigenvalue weighted by Crippen LogP contribution is 2.20. The smallest absolute Gasteiger partial charge is 0.255 e. The number of morpholine rings is 1. The summed E-state index contributed by atoms with van der Waals surface area (Å²) in [7, 11) is 0. The molecule has 4 nitrogen and oxygen atoms in total.